The van der Waals surface area contributed by atoms with Gasteiger partial charge in [0, 0.05) is 49.0 Å². The fourth-order valence-electron chi connectivity index (χ4n) is 4.81. The van der Waals surface area contributed by atoms with Gasteiger partial charge in [-0.3, -0.25) is 4.79 Å². The molecule has 9 nitrogen and oxygen atoms in total. The summed E-state index contributed by atoms with van der Waals surface area (Å²) in [7, 11) is 3.07. The number of likely N-dealkylation sites (tertiary alicyclic amines) is 1. The highest BCUT2D eigenvalue weighted by Gasteiger charge is 2.24. The standard InChI is InChI=1S/C30H29F2N5O4/c1-4-29(38)37-9-7-18(8-10-37)41-28-13-20-24(15-27(28)40-3)34-16-35-30(20)36-25-11-17(5-6-26(25)39-2)19-12-23(33)22(32)14-21(19)31/h4-6,11-16,18H,1,7-10,33H2,2-3H3,(H,34,35,36). The molecule has 0 bridgehead atoms. The van der Waals surface area contributed by atoms with E-state index in [1.54, 1.807) is 42.3 Å². The number of rotatable bonds is 8. The molecule has 3 N–H and O–H groups in total. The zero-order chi connectivity index (χ0) is 29.1. The van der Waals surface area contributed by atoms with Crippen LogP contribution in [0.5, 0.6) is 17.2 Å². The van der Waals surface area contributed by atoms with Crippen molar-refractivity contribution >= 4 is 34.0 Å². The third-order valence-corrected chi connectivity index (χ3v) is 6.99. The van der Waals surface area contributed by atoms with Gasteiger partial charge in [-0.25, -0.2) is 18.7 Å². The number of benzene rings is 3. The molecule has 3 aromatic carbocycles. The van der Waals surface area contributed by atoms with Gasteiger partial charge in [-0.2, -0.15) is 0 Å². The van der Waals surface area contributed by atoms with Gasteiger partial charge in [0.25, 0.3) is 0 Å². The van der Waals surface area contributed by atoms with Crippen molar-refractivity contribution in [2.45, 2.75) is 18.9 Å². The number of fused-ring (bicyclic) bond motifs is 1. The Hall–Kier alpha value is -4.93. The molecular formula is C30H29F2N5O4. The van der Waals surface area contributed by atoms with Crippen molar-refractivity contribution in [3.63, 3.8) is 0 Å². The number of methoxy groups -OCH3 is 2. The predicted molar refractivity (Wildman–Crippen MR) is 153 cm³/mol. The molecule has 1 aliphatic rings. The van der Waals surface area contributed by atoms with Crippen LogP contribution < -0.4 is 25.3 Å². The van der Waals surface area contributed by atoms with E-state index < -0.39 is 11.6 Å². The van der Waals surface area contributed by atoms with Crippen molar-refractivity contribution in [1.82, 2.24) is 14.9 Å². The van der Waals surface area contributed by atoms with E-state index in [2.05, 4.69) is 21.9 Å². The van der Waals surface area contributed by atoms with Crippen LogP contribution in [0.3, 0.4) is 0 Å². The number of anilines is 3. The van der Waals surface area contributed by atoms with Gasteiger partial charge in [0.05, 0.1) is 31.1 Å². The number of nitrogens with one attached hydrogen (secondary N) is 1. The Morgan fingerprint density at radius 1 is 1.02 bits per heavy atom. The molecule has 4 aromatic rings. The third kappa shape index (κ3) is 5.69. The highest BCUT2D eigenvalue weighted by Crippen LogP contribution is 2.39. The summed E-state index contributed by atoms with van der Waals surface area (Å²) in [6.07, 6.45) is 3.93. The van der Waals surface area contributed by atoms with Crippen LogP contribution in [-0.4, -0.2) is 54.2 Å². The first-order valence-corrected chi connectivity index (χ1v) is 12.9. The van der Waals surface area contributed by atoms with E-state index in [1.807, 2.05) is 0 Å². The molecule has 0 aliphatic carbocycles. The molecule has 11 heteroatoms. The van der Waals surface area contributed by atoms with E-state index in [1.165, 1.54) is 25.6 Å². The van der Waals surface area contributed by atoms with E-state index in [0.29, 0.717) is 71.2 Å². The summed E-state index contributed by atoms with van der Waals surface area (Å²) in [4.78, 5) is 22.5. The molecule has 1 saturated heterocycles. The second-order valence-electron chi connectivity index (χ2n) is 9.48. The number of halogens is 2. The van der Waals surface area contributed by atoms with Crippen LogP contribution in [0.4, 0.5) is 26.0 Å². The molecule has 1 aliphatic heterocycles. The van der Waals surface area contributed by atoms with Gasteiger partial charge in [-0.05, 0) is 35.9 Å². The average molecular weight is 562 g/mol. The number of hydrogen-bond donors (Lipinski definition) is 2. The molecular weight excluding hydrogens is 532 g/mol. The summed E-state index contributed by atoms with van der Waals surface area (Å²) in [5, 5.41) is 3.91. The van der Waals surface area contributed by atoms with Crippen molar-refractivity contribution < 1.29 is 27.8 Å². The Morgan fingerprint density at radius 3 is 2.49 bits per heavy atom. The number of carbonyl (C=O) groups excluding carboxylic acids is 1. The van der Waals surface area contributed by atoms with Crippen LogP contribution in [0.2, 0.25) is 0 Å². The fourth-order valence-corrected chi connectivity index (χ4v) is 4.81. The van der Waals surface area contributed by atoms with Gasteiger partial charge < -0.3 is 30.2 Å². The number of nitrogen functional groups attached to an aromatic ring is 1. The molecule has 0 atom stereocenters. The molecule has 0 unspecified atom stereocenters. The number of piperidine rings is 1. The normalized spacial score (nSPS) is 13.6. The highest BCUT2D eigenvalue weighted by molar-refractivity contribution is 5.94. The summed E-state index contributed by atoms with van der Waals surface area (Å²) in [5.41, 5.74) is 7.23. The molecule has 2 heterocycles. The number of carbonyl (C=O) groups is 1. The minimum atomic E-state index is -0.824. The maximum absolute atomic E-state index is 14.6. The summed E-state index contributed by atoms with van der Waals surface area (Å²) < 4.78 is 45.8. The molecule has 1 fully saturated rings. The van der Waals surface area contributed by atoms with E-state index in [0.717, 1.165) is 6.07 Å². The van der Waals surface area contributed by atoms with Gasteiger partial charge in [0.1, 0.15) is 35.6 Å². The van der Waals surface area contributed by atoms with Crippen molar-refractivity contribution in [2.24, 2.45) is 0 Å². The van der Waals surface area contributed by atoms with E-state index in [-0.39, 0.29) is 23.3 Å². The SMILES string of the molecule is C=CC(=O)N1CCC(Oc2cc3c(Nc4cc(-c5cc(N)c(F)cc5F)ccc4OC)ncnc3cc2OC)CC1. The summed E-state index contributed by atoms with van der Waals surface area (Å²) in [6, 6.07) is 10.6. The van der Waals surface area contributed by atoms with Gasteiger partial charge in [-0.1, -0.05) is 12.6 Å². The second-order valence-corrected chi connectivity index (χ2v) is 9.48. The number of amides is 1. The monoisotopic (exact) mass is 561 g/mol. The Morgan fingerprint density at radius 2 is 1.78 bits per heavy atom. The highest BCUT2D eigenvalue weighted by atomic mass is 19.1. The second kappa shape index (κ2) is 11.7. The van der Waals surface area contributed by atoms with Crippen molar-refractivity contribution in [3.8, 4) is 28.4 Å². The zero-order valence-electron chi connectivity index (χ0n) is 22.6. The van der Waals surface area contributed by atoms with Crippen LogP contribution in [0.1, 0.15) is 12.8 Å². The molecule has 212 valence electrons. The van der Waals surface area contributed by atoms with Gasteiger partial charge in [-0.15, -0.1) is 0 Å². The van der Waals surface area contributed by atoms with E-state index >= 15 is 0 Å². The maximum Gasteiger partial charge on any atom is 0.245 e. The van der Waals surface area contributed by atoms with Crippen molar-refractivity contribution in [2.75, 3.05) is 38.4 Å². The summed E-state index contributed by atoms with van der Waals surface area (Å²) >= 11 is 0. The van der Waals surface area contributed by atoms with Crippen molar-refractivity contribution in [1.29, 1.82) is 0 Å². The minimum absolute atomic E-state index is 0.0928. The molecule has 0 radical (unpaired) electrons. The number of hydrogen-bond acceptors (Lipinski definition) is 8. The first-order chi connectivity index (χ1) is 19.8. The largest absolute Gasteiger partial charge is 0.495 e. The lowest BCUT2D eigenvalue weighted by molar-refractivity contribution is -0.127. The first kappa shape index (κ1) is 27.6. The fraction of sp³-hybridized carbons (Fsp3) is 0.233. The van der Waals surface area contributed by atoms with E-state index in [9.17, 15) is 13.6 Å². The Balaban J connectivity index is 1.48. The summed E-state index contributed by atoms with van der Waals surface area (Å²) in [5.74, 6) is 0.283. The van der Waals surface area contributed by atoms with Crippen LogP contribution >= 0.6 is 0 Å². The Labute approximate surface area is 235 Å². The molecule has 0 saturated carbocycles. The van der Waals surface area contributed by atoms with Crippen molar-refractivity contribution in [3.05, 3.63) is 73.1 Å². The smallest absolute Gasteiger partial charge is 0.245 e. The summed E-state index contributed by atoms with van der Waals surface area (Å²) in [6.45, 7) is 4.69. The minimum Gasteiger partial charge on any atom is -0.495 e. The average Bonchev–Trinajstić information content (AvgIpc) is 2.99. The van der Waals surface area contributed by atoms with Crippen LogP contribution in [0.15, 0.2) is 61.4 Å². The topological polar surface area (TPSA) is 112 Å². The molecule has 0 spiro atoms. The lowest BCUT2D eigenvalue weighted by atomic mass is 10.0. The molecule has 5 rings (SSSR count). The quantitative estimate of drug-likeness (QED) is 0.215. The predicted octanol–water partition coefficient (Wildman–Crippen LogP) is 5.47. The number of nitrogens with zero attached hydrogens (tertiary/aromatic N) is 3. The van der Waals surface area contributed by atoms with Gasteiger partial charge in [0.2, 0.25) is 5.91 Å². The Bertz CT molecular complexity index is 1620. The zero-order valence-corrected chi connectivity index (χ0v) is 22.6. The molecule has 1 aromatic heterocycles. The molecule has 1 amide bonds. The van der Waals surface area contributed by atoms with E-state index in [4.69, 9.17) is 19.9 Å². The first-order valence-electron chi connectivity index (χ1n) is 12.9. The maximum atomic E-state index is 14.6. The number of aromatic nitrogens is 2. The van der Waals surface area contributed by atoms with Gasteiger partial charge in [0.15, 0.2) is 11.5 Å². The van der Waals surface area contributed by atoms with Crippen LogP contribution in [0.25, 0.3) is 22.0 Å². The third-order valence-electron chi connectivity index (χ3n) is 6.99. The van der Waals surface area contributed by atoms with Crippen LogP contribution in [-0.2, 0) is 4.79 Å². The lowest BCUT2D eigenvalue weighted by Gasteiger charge is -2.31. The number of nitrogens with two attached hydrogens (primary N) is 1. The number of ether oxygens (including phenoxy) is 3. The lowest BCUT2D eigenvalue weighted by Crippen LogP contribution is -2.41. The molecule has 41 heavy (non-hydrogen) atoms. The Kier molecular flexibility index (Phi) is 7.86. The van der Waals surface area contributed by atoms with Gasteiger partial charge >= 0.3 is 0 Å². The van der Waals surface area contributed by atoms with Crippen LogP contribution in [0, 0.1) is 11.6 Å².